The van der Waals surface area contributed by atoms with E-state index in [1.807, 2.05) is 38.4 Å². The zero-order chi connectivity index (χ0) is 12.7. The quantitative estimate of drug-likeness (QED) is 0.449. The largest absolute Gasteiger partial charge is 0.492 e. The number of rotatable bonds is 6. The minimum absolute atomic E-state index is 0. The smallest absolute Gasteiger partial charge is 0.186 e. The first-order chi connectivity index (χ1) is 8.08. The van der Waals surface area contributed by atoms with E-state index in [0.29, 0.717) is 13.2 Å². The molecule has 0 fully saturated rings. The molecular formula is C12H21IN4O. The predicted molar refractivity (Wildman–Crippen MR) is 85.4 cm³/mol. The number of nitrogens with zero attached hydrogens (tertiary/aromatic N) is 2. The van der Waals surface area contributed by atoms with Gasteiger partial charge in [-0.25, -0.2) is 4.99 Å². The minimum Gasteiger partial charge on any atom is -0.492 e. The molecule has 5 nitrogen and oxygen atoms in total. The minimum atomic E-state index is 0. The average molecular weight is 364 g/mol. The van der Waals surface area contributed by atoms with Gasteiger partial charge in [0.05, 0.1) is 6.54 Å². The van der Waals surface area contributed by atoms with Crippen molar-refractivity contribution in [2.45, 2.75) is 6.54 Å². The molecule has 1 aromatic rings. The van der Waals surface area contributed by atoms with Crippen molar-refractivity contribution >= 4 is 29.9 Å². The van der Waals surface area contributed by atoms with Gasteiger partial charge in [-0.1, -0.05) is 12.1 Å². The number of likely N-dealkylation sites (N-methyl/N-ethyl adjacent to an activating group) is 1. The molecular weight excluding hydrogens is 343 g/mol. The Morgan fingerprint density at radius 1 is 1.33 bits per heavy atom. The number of guanidine groups is 1. The van der Waals surface area contributed by atoms with Gasteiger partial charge in [-0.15, -0.1) is 24.0 Å². The van der Waals surface area contributed by atoms with Gasteiger partial charge in [0, 0.05) is 6.54 Å². The predicted octanol–water partition coefficient (Wildman–Crippen LogP) is 1.02. The third-order valence-corrected chi connectivity index (χ3v) is 2.15. The molecule has 0 saturated carbocycles. The molecule has 0 radical (unpaired) electrons. The van der Waals surface area contributed by atoms with Crippen LogP contribution < -0.4 is 16.2 Å². The summed E-state index contributed by atoms with van der Waals surface area (Å²) in [7, 11) is 4.02. The van der Waals surface area contributed by atoms with E-state index in [1.165, 1.54) is 0 Å². The van der Waals surface area contributed by atoms with Crippen molar-refractivity contribution in [3.05, 3.63) is 29.8 Å². The van der Waals surface area contributed by atoms with Gasteiger partial charge in [-0.3, -0.25) is 0 Å². The van der Waals surface area contributed by atoms with Gasteiger partial charge < -0.3 is 21.1 Å². The van der Waals surface area contributed by atoms with E-state index >= 15 is 0 Å². The van der Waals surface area contributed by atoms with Crippen LogP contribution in [0.4, 0.5) is 0 Å². The van der Waals surface area contributed by atoms with Gasteiger partial charge in [0.15, 0.2) is 5.96 Å². The van der Waals surface area contributed by atoms with Crippen molar-refractivity contribution in [2.24, 2.45) is 16.5 Å². The van der Waals surface area contributed by atoms with E-state index in [2.05, 4.69) is 9.89 Å². The lowest BCUT2D eigenvalue weighted by atomic mass is 10.2. The molecule has 0 atom stereocenters. The van der Waals surface area contributed by atoms with E-state index < -0.39 is 0 Å². The lowest BCUT2D eigenvalue weighted by Gasteiger charge is -2.11. The maximum absolute atomic E-state index is 5.61. The summed E-state index contributed by atoms with van der Waals surface area (Å²) in [5, 5.41) is 0. The Morgan fingerprint density at radius 2 is 2.06 bits per heavy atom. The van der Waals surface area contributed by atoms with Gasteiger partial charge in [-0.05, 0) is 31.8 Å². The summed E-state index contributed by atoms with van der Waals surface area (Å²) in [5.74, 6) is 0.944. The van der Waals surface area contributed by atoms with Gasteiger partial charge >= 0.3 is 0 Å². The summed E-state index contributed by atoms with van der Waals surface area (Å²) < 4.78 is 5.61. The molecule has 6 heteroatoms. The summed E-state index contributed by atoms with van der Waals surface area (Å²) in [4.78, 5) is 6.03. The summed E-state index contributed by atoms with van der Waals surface area (Å²) in [6, 6.07) is 7.77. The molecule has 0 unspecified atom stereocenters. The molecule has 0 heterocycles. The number of benzene rings is 1. The van der Waals surface area contributed by atoms with Crippen LogP contribution in [0.2, 0.25) is 0 Å². The highest BCUT2D eigenvalue weighted by atomic mass is 127. The van der Waals surface area contributed by atoms with Crippen LogP contribution in [0.15, 0.2) is 29.3 Å². The van der Waals surface area contributed by atoms with Gasteiger partial charge in [0.1, 0.15) is 12.4 Å². The van der Waals surface area contributed by atoms with Crippen LogP contribution in [-0.2, 0) is 6.54 Å². The summed E-state index contributed by atoms with van der Waals surface area (Å²) in [6.45, 7) is 2.03. The molecule has 0 saturated heterocycles. The zero-order valence-corrected chi connectivity index (χ0v) is 13.1. The van der Waals surface area contributed by atoms with Crippen LogP contribution >= 0.6 is 24.0 Å². The Morgan fingerprint density at radius 3 is 2.67 bits per heavy atom. The fourth-order valence-electron chi connectivity index (χ4n) is 1.26. The average Bonchev–Trinajstić information content (AvgIpc) is 2.26. The molecule has 0 amide bonds. The van der Waals surface area contributed by atoms with Gasteiger partial charge in [0.25, 0.3) is 0 Å². The highest BCUT2D eigenvalue weighted by Crippen LogP contribution is 2.13. The van der Waals surface area contributed by atoms with Crippen molar-refractivity contribution in [3.63, 3.8) is 0 Å². The third-order valence-electron chi connectivity index (χ3n) is 2.15. The van der Waals surface area contributed by atoms with Gasteiger partial charge in [0.2, 0.25) is 0 Å². The number of hydrogen-bond donors (Lipinski definition) is 2. The molecule has 0 aliphatic rings. The highest BCUT2D eigenvalue weighted by Gasteiger charge is 1.97. The van der Waals surface area contributed by atoms with Crippen LogP contribution in [0, 0.1) is 0 Å². The van der Waals surface area contributed by atoms with E-state index in [1.54, 1.807) is 0 Å². The number of nitrogens with two attached hydrogens (primary N) is 2. The summed E-state index contributed by atoms with van der Waals surface area (Å²) in [5.41, 5.74) is 11.6. The van der Waals surface area contributed by atoms with Crippen LogP contribution in [0.25, 0.3) is 0 Å². The Bertz CT molecular complexity index is 378. The van der Waals surface area contributed by atoms with Crippen molar-refractivity contribution < 1.29 is 4.74 Å². The Hall–Kier alpha value is -1.02. The second-order valence-corrected chi connectivity index (χ2v) is 4.04. The molecule has 0 spiro atoms. The van der Waals surface area contributed by atoms with Crippen LogP contribution in [0.1, 0.15) is 5.56 Å². The molecule has 18 heavy (non-hydrogen) atoms. The van der Waals surface area contributed by atoms with E-state index in [9.17, 15) is 0 Å². The van der Waals surface area contributed by atoms with Crippen LogP contribution in [0.3, 0.4) is 0 Å². The molecule has 4 N–H and O–H groups in total. The molecule has 0 aliphatic carbocycles. The lowest BCUT2D eigenvalue weighted by Crippen LogP contribution is -2.22. The van der Waals surface area contributed by atoms with Crippen molar-refractivity contribution in [1.82, 2.24) is 4.90 Å². The van der Waals surface area contributed by atoms with Crippen LogP contribution in [-0.4, -0.2) is 38.1 Å². The Balaban J connectivity index is 0.00000289. The van der Waals surface area contributed by atoms with E-state index in [0.717, 1.165) is 17.9 Å². The zero-order valence-electron chi connectivity index (χ0n) is 10.8. The van der Waals surface area contributed by atoms with Crippen LogP contribution in [0.5, 0.6) is 5.75 Å². The fourth-order valence-corrected chi connectivity index (χ4v) is 1.26. The van der Waals surface area contributed by atoms with Gasteiger partial charge in [-0.2, -0.15) is 0 Å². The molecule has 102 valence electrons. The topological polar surface area (TPSA) is 76.9 Å². The number of halogens is 1. The van der Waals surface area contributed by atoms with Crippen molar-refractivity contribution in [3.8, 4) is 5.75 Å². The maximum atomic E-state index is 5.61. The molecule has 0 aromatic heterocycles. The van der Waals surface area contributed by atoms with E-state index in [-0.39, 0.29) is 29.9 Å². The first-order valence-electron chi connectivity index (χ1n) is 5.50. The number of ether oxygens (including phenoxy) is 1. The molecule has 0 bridgehead atoms. The Labute approximate surface area is 125 Å². The SMILES string of the molecule is CN(C)CCOc1cccc(CN=C(N)N)c1.I. The first-order valence-corrected chi connectivity index (χ1v) is 5.50. The number of hydrogen-bond acceptors (Lipinski definition) is 3. The summed E-state index contributed by atoms with van der Waals surface area (Å²) in [6.07, 6.45) is 0. The molecule has 1 rings (SSSR count). The second-order valence-electron chi connectivity index (χ2n) is 4.04. The molecule has 0 aliphatic heterocycles. The molecule has 1 aromatic carbocycles. The third kappa shape index (κ3) is 7.33. The van der Waals surface area contributed by atoms with Crippen molar-refractivity contribution in [2.75, 3.05) is 27.2 Å². The highest BCUT2D eigenvalue weighted by molar-refractivity contribution is 14.0. The van der Waals surface area contributed by atoms with Crippen molar-refractivity contribution in [1.29, 1.82) is 0 Å². The maximum Gasteiger partial charge on any atom is 0.186 e. The normalized spacial score (nSPS) is 9.72. The number of aliphatic imine (C=N–C) groups is 1. The fraction of sp³-hybridized carbons (Fsp3) is 0.417. The summed E-state index contributed by atoms with van der Waals surface area (Å²) >= 11 is 0. The standard InChI is InChI=1S/C12H20N4O.HI/c1-16(2)6-7-17-11-5-3-4-10(8-11)9-15-12(13)14;/h3-5,8H,6-7,9H2,1-2H3,(H4,13,14,15);1H. The van der Waals surface area contributed by atoms with E-state index in [4.69, 9.17) is 16.2 Å². The lowest BCUT2D eigenvalue weighted by molar-refractivity contribution is 0.261. The monoisotopic (exact) mass is 364 g/mol. The second kappa shape index (κ2) is 8.98. The first kappa shape index (κ1) is 17.0. The Kier molecular flexibility index (Phi) is 8.47.